The molecule has 1 heterocycles. The lowest BCUT2D eigenvalue weighted by Gasteiger charge is -2.15. The number of hydrogen-bond donors (Lipinski definition) is 1. The number of ether oxygens (including phenoxy) is 1. The number of carbonyl (C=O) groups excluding carboxylic acids is 2. The highest BCUT2D eigenvalue weighted by atomic mass is 35.5. The second-order valence-electron chi connectivity index (χ2n) is 3.61. The van der Waals surface area contributed by atoms with Crippen LogP contribution < -0.4 is 5.32 Å². The zero-order chi connectivity index (χ0) is 13.5. The average molecular weight is 275 g/mol. The van der Waals surface area contributed by atoms with Crippen LogP contribution in [-0.4, -0.2) is 50.6 Å². The summed E-state index contributed by atoms with van der Waals surface area (Å²) in [7, 11) is 3.06. The topological polar surface area (TPSA) is 71.8 Å². The number of hydrogen-bond acceptors (Lipinski definition) is 4. The maximum atomic E-state index is 11.9. The third-order valence-corrected chi connectivity index (χ3v) is 2.50. The molecule has 0 saturated carbocycles. The minimum absolute atomic E-state index is 0.0200. The highest BCUT2D eigenvalue weighted by molar-refractivity contribution is 6.32. The van der Waals surface area contributed by atoms with Crippen LogP contribution in [0.1, 0.15) is 10.4 Å². The number of nitrogens with one attached hydrogen (secondary N) is 1. The summed E-state index contributed by atoms with van der Waals surface area (Å²) < 4.78 is 9.62. The Morgan fingerprint density at radius 2 is 2.28 bits per heavy atom. The van der Waals surface area contributed by atoms with Gasteiger partial charge in [-0.05, 0) is 17.7 Å². The number of likely N-dealkylation sites (N-methyl/N-ethyl adjacent to an activating group) is 1. The average Bonchev–Trinajstić information content (AvgIpc) is 2.74. The molecule has 1 aromatic rings. The van der Waals surface area contributed by atoms with Crippen LogP contribution in [0.25, 0.3) is 0 Å². The van der Waals surface area contributed by atoms with E-state index >= 15 is 0 Å². The van der Waals surface area contributed by atoms with Gasteiger partial charge < -0.3 is 19.4 Å². The van der Waals surface area contributed by atoms with E-state index in [4.69, 9.17) is 20.8 Å². The maximum absolute atomic E-state index is 11.9. The largest absolute Gasteiger partial charge is 0.452 e. The molecule has 0 aromatic carbocycles. The molecule has 7 heteroatoms. The molecule has 0 radical (unpaired) electrons. The molecule has 0 saturated heterocycles. The fourth-order valence-electron chi connectivity index (χ4n) is 1.29. The summed E-state index contributed by atoms with van der Waals surface area (Å²) in [6.45, 7) is 0.783. The molecule has 0 bridgehead atoms. The molecule has 1 N–H and O–H groups in total. The maximum Gasteiger partial charge on any atom is 0.258 e. The molecule has 100 valence electrons. The van der Waals surface area contributed by atoms with Gasteiger partial charge in [-0.15, -0.1) is 0 Å². The van der Waals surface area contributed by atoms with Crippen molar-refractivity contribution in [2.45, 2.75) is 0 Å². The number of methoxy groups -OCH3 is 1. The first-order valence-electron chi connectivity index (χ1n) is 5.30. The Hall–Kier alpha value is -1.53. The predicted octanol–water partition coefficient (Wildman–Crippen LogP) is 0.768. The van der Waals surface area contributed by atoms with Crippen molar-refractivity contribution in [2.24, 2.45) is 0 Å². The molecular formula is C11H15ClN2O4. The lowest BCUT2D eigenvalue weighted by molar-refractivity contribution is -0.121. The molecule has 0 aliphatic carbocycles. The van der Waals surface area contributed by atoms with Crippen molar-refractivity contribution < 1.29 is 18.7 Å². The molecule has 18 heavy (non-hydrogen) atoms. The molecule has 0 fully saturated rings. The Bertz CT molecular complexity index is 419. The zero-order valence-electron chi connectivity index (χ0n) is 10.2. The number of rotatable bonds is 6. The van der Waals surface area contributed by atoms with Crippen molar-refractivity contribution in [1.29, 1.82) is 0 Å². The Kier molecular flexibility index (Phi) is 5.67. The molecule has 0 aliphatic rings. The van der Waals surface area contributed by atoms with Crippen LogP contribution in [0.4, 0.5) is 0 Å². The van der Waals surface area contributed by atoms with Gasteiger partial charge in [-0.3, -0.25) is 9.59 Å². The predicted molar refractivity (Wildman–Crippen MR) is 65.6 cm³/mol. The molecule has 6 nitrogen and oxygen atoms in total. The van der Waals surface area contributed by atoms with Crippen molar-refractivity contribution in [3.8, 4) is 0 Å². The Balaban J connectivity index is 2.45. The molecule has 0 spiro atoms. The van der Waals surface area contributed by atoms with Crippen LogP contribution in [0.15, 0.2) is 16.7 Å². The van der Waals surface area contributed by atoms with E-state index < -0.39 is 0 Å². The standard InChI is InChI=1S/C11H15ClN2O4/c1-14(7-9(15)13-4-6-17-2)11(16)8-3-5-18-10(8)12/h3,5H,4,6-7H2,1-2H3,(H,13,15). The second-order valence-corrected chi connectivity index (χ2v) is 3.96. The summed E-state index contributed by atoms with van der Waals surface area (Å²) in [6.07, 6.45) is 1.32. The van der Waals surface area contributed by atoms with Crippen molar-refractivity contribution in [3.63, 3.8) is 0 Å². The van der Waals surface area contributed by atoms with Crippen molar-refractivity contribution in [3.05, 3.63) is 23.1 Å². The summed E-state index contributed by atoms with van der Waals surface area (Å²) in [5.74, 6) is -0.627. The van der Waals surface area contributed by atoms with E-state index in [1.165, 1.54) is 24.3 Å². The number of nitrogens with zero attached hydrogens (tertiary/aromatic N) is 1. The van der Waals surface area contributed by atoms with Gasteiger partial charge in [-0.25, -0.2) is 0 Å². The van der Waals surface area contributed by atoms with Crippen LogP contribution >= 0.6 is 11.6 Å². The van der Waals surface area contributed by atoms with Gasteiger partial charge in [0.2, 0.25) is 11.1 Å². The van der Waals surface area contributed by atoms with E-state index in [0.29, 0.717) is 13.2 Å². The van der Waals surface area contributed by atoms with E-state index in [9.17, 15) is 9.59 Å². The van der Waals surface area contributed by atoms with Gasteiger partial charge in [0.05, 0.1) is 25.0 Å². The number of amides is 2. The lowest BCUT2D eigenvalue weighted by atomic mass is 10.3. The number of furan rings is 1. The van der Waals surface area contributed by atoms with Gasteiger partial charge in [0.25, 0.3) is 5.91 Å². The Labute approximate surface area is 110 Å². The van der Waals surface area contributed by atoms with Gasteiger partial charge in [0, 0.05) is 20.7 Å². The van der Waals surface area contributed by atoms with Crippen molar-refractivity contribution in [2.75, 3.05) is 33.9 Å². The molecule has 2 amide bonds. The van der Waals surface area contributed by atoms with E-state index in [2.05, 4.69) is 5.32 Å². The quantitative estimate of drug-likeness (QED) is 0.778. The minimum atomic E-state index is -0.365. The van der Waals surface area contributed by atoms with Crippen LogP contribution in [0.2, 0.25) is 5.22 Å². The Morgan fingerprint density at radius 3 is 2.83 bits per heavy atom. The molecule has 1 aromatic heterocycles. The van der Waals surface area contributed by atoms with E-state index in [1.807, 2.05) is 0 Å². The number of halogens is 1. The van der Waals surface area contributed by atoms with Gasteiger partial charge in [-0.2, -0.15) is 0 Å². The first-order chi connectivity index (χ1) is 8.56. The molecule has 0 unspecified atom stereocenters. The second kappa shape index (κ2) is 7.03. The summed E-state index contributed by atoms with van der Waals surface area (Å²) in [5, 5.41) is 2.64. The van der Waals surface area contributed by atoms with E-state index in [-0.39, 0.29) is 29.1 Å². The van der Waals surface area contributed by atoms with Crippen LogP contribution in [0, 0.1) is 0 Å². The SMILES string of the molecule is COCCNC(=O)CN(C)C(=O)c1ccoc1Cl. The van der Waals surface area contributed by atoms with Gasteiger partial charge >= 0.3 is 0 Å². The van der Waals surface area contributed by atoms with Crippen molar-refractivity contribution >= 4 is 23.4 Å². The van der Waals surface area contributed by atoms with Gasteiger partial charge in [0.15, 0.2) is 0 Å². The minimum Gasteiger partial charge on any atom is -0.452 e. The van der Waals surface area contributed by atoms with Crippen LogP contribution in [-0.2, 0) is 9.53 Å². The highest BCUT2D eigenvalue weighted by Gasteiger charge is 2.19. The highest BCUT2D eigenvalue weighted by Crippen LogP contribution is 2.17. The zero-order valence-corrected chi connectivity index (χ0v) is 11.0. The lowest BCUT2D eigenvalue weighted by Crippen LogP contribution is -2.39. The first kappa shape index (κ1) is 14.5. The molecule has 1 rings (SSSR count). The smallest absolute Gasteiger partial charge is 0.258 e. The van der Waals surface area contributed by atoms with Crippen LogP contribution in [0.3, 0.4) is 0 Å². The fourth-order valence-corrected chi connectivity index (χ4v) is 1.48. The van der Waals surface area contributed by atoms with Gasteiger partial charge in [-0.1, -0.05) is 0 Å². The first-order valence-corrected chi connectivity index (χ1v) is 5.68. The Morgan fingerprint density at radius 1 is 1.56 bits per heavy atom. The van der Waals surface area contributed by atoms with Gasteiger partial charge in [0.1, 0.15) is 0 Å². The summed E-state index contributed by atoms with van der Waals surface area (Å²) in [6, 6.07) is 1.46. The fraction of sp³-hybridized carbons (Fsp3) is 0.455. The molecule has 0 aliphatic heterocycles. The third-order valence-electron chi connectivity index (χ3n) is 2.20. The third kappa shape index (κ3) is 4.05. The van der Waals surface area contributed by atoms with E-state index in [0.717, 1.165) is 0 Å². The monoisotopic (exact) mass is 274 g/mol. The van der Waals surface area contributed by atoms with Crippen molar-refractivity contribution in [1.82, 2.24) is 10.2 Å². The van der Waals surface area contributed by atoms with E-state index in [1.54, 1.807) is 7.11 Å². The normalized spacial score (nSPS) is 10.2. The number of carbonyl (C=O) groups is 2. The summed E-state index contributed by atoms with van der Waals surface area (Å²) in [5.41, 5.74) is 0.240. The summed E-state index contributed by atoms with van der Waals surface area (Å²) in [4.78, 5) is 24.6. The molecule has 0 atom stereocenters. The van der Waals surface area contributed by atoms with Crippen LogP contribution in [0.5, 0.6) is 0 Å². The molecular weight excluding hydrogens is 260 g/mol. The summed E-state index contributed by atoms with van der Waals surface area (Å²) >= 11 is 5.69.